The van der Waals surface area contributed by atoms with Gasteiger partial charge in [-0.05, 0) is 36.0 Å². The molecule has 1 aliphatic heterocycles. The maximum absolute atomic E-state index is 5.84. The van der Waals surface area contributed by atoms with E-state index in [4.69, 9.17) is 4.74 Å². The molecule has 1 nitrogen and oxygen atoms in total. The van der Waals surface area contributed by atoms with Crippen LogP contribution in [0.5, 0.6) is 0 Å². The molecular weight excluding hydrogens is 172 g/mol. The largest absolute Gasteiger partial charge is 0.364 e. The lowest BCUT2D eigenvalue weighted by Gasteiger charge is -2.12. The Morgan fingerprint density at radius 3 is 3.00 bits per heavy atom. The Morgan fingerprint density at radius 2 is 2.14 bits per heavy atom. The van der Waals surface area contributed by atoms with Gasteiger partial charge in [-0.15, -0.1) is 0 Å². The zero-order valence-corrected chi connectivity index (χ0v) is 8.20. The molecule has 0 saturated heterocycles. The van der Waals surface area contributed by atoms with Crippen LogP contribution in [0.3, 0.4) is 0 Å². The van der Waals surface area contributed by atoms with Crippen molar-refractivity contribution in [2.45, 2.75) is 32.0 Å². The van der Waals surface area contributed by atoms with Gasteiger partial charge in [-0.1, -0.05) is 30.3 Å². The van der Waals surface area contributed by atoms with E-state index in [9.17, 15) is 0 Å². The van der Waals surface area contributed by atoms with E-state index in [1.165, 1.54) is 36.0 Å². The summed E-state index contributed by atoms with van der Waals surface area (Å²) in [7, 11) is 0. The third-order valence-corrected chi connectivity index (χ3v) is 3.16. The molecule has 0 radical (unpaired) electrons. The summed E-state index contributed by atoms with van der Waals surface area (Å²) >= 11 is 0. The minimum Gasteiger partial charge on any atom is -0.364 e. The normalized spacial score (nSPS) is 24.9. The Hall–Kier alpha value is -1.08. The first kappa shape index (κ1) is 8.25. The van der Waals surface area contributed by atoms with Crippen LogP contribution in [0.15, 0.2) is 35.9 Å². The van der Waals surface area contributed by atoms with Crippen molar-refractivity contribution >= 4 is 0 Å². The van der Waals surface area contributed by atoms with E-state index >= 15 is 0 Å². The van der Waals surface area contributed by atoms with E-state index < -0.39 is 0 Å². The first-order valence-electron chi connectivity index (χ1n) is 5.33. The molecule has 1 heteroatoms. The fraction of sp³-hybridized carbons (Fsp3) is 0.385. The molecule has 0 saturated carbocycles. The van der Waals surface area contributed by atoms with Crippen LogP contribution in [0.2, 0.25) is 0 Å². The van der Waals surface area contributed by atoms with Gasteiger partial charge in [0.25, 0.3) is 0 Å². The number of allylic oxidation sites excluding steroid dienone is 1. The Morgan fingerprint density at radius 1 is 1.21 bits per heavy atom. The lowest BCUT2D eigenvalue weighted by Crippen LogP contribution is -1.97. The molecule has 3 rings (SSSR count). The van der Waals surface area contributed by atoms with Crippen molar-refractivity contribution in [3.05, 3.63) is 47.0 Å². The van der Waals surface area contributed by atoms with Gasteiger partial charge < -0.3 is 4.74 Å². The number of benzene rings is 1. The van der Waals surface area contributed by atoms with Crippen molar-refractivity contribution in [2.75, 3.05) is 0 Å². The minimum atomic E-state index is 0.272. The smallest absolute Gasteiger partial charge is 0.104 e. The van der Waals surface area contributed by atoms with Gasteiger partial charge in [0.1, 0.15) is 6.10 Å². The Bertz CT molecular complexity index is 379. The second-order valence-corrected chi connectivity index (χ2v) is 4.06. The quantitative estimate of drug-likeness (QED) is 0.611. The highest BCUT2D eigenvalue weighted by Gasteiger charge is 2.26. The number of ether oxygens (including phenoxy) is 1. The van der Waals surface area contributed by atoms with Crippen LogP contribution in [-0.2, 0) is 11.3 Å². The topological polar surface area (TPSA) is 9.23 Å². The highest BCUT2D eigenvalue weighted by molar-refractivity contribution is 5.37. The molecule has 0 N–H and O–H groups in total. The Balaban J connectivity index is 1.97. The molecule has 0 fully saturated rings. The summed E-state index contributed by atoms with van der Waals surface area (Å²) in [4.78, 5) is 0. The molecule has 1 aromatic carbocycles. The first-order valence-corrected chi connectivity index (χ1v) is 5.33. The van der Waals surface area contributed by atoms with Crippen molar-refractivity contribution in [3.8, 4) is 0 Å². The molecule has 1 aromatic rings. The van der Waals surface area contributed by atoms with E-state index in [0.29, 0.717) is 0 Å². The standard InChI is InChI=1S/C13H14O/c1-2-6-10(5-1)13-12-8-4-3-7-11(12)9-14-13/h3-5,7-8,13H,1-2,6,9H2. The second-order valence-electron chi connectivity index (χ2n) is 4.06. The van der Waals surface area contributed by atoms with Gasteiger partial charge in [-0.3, -0.25) is 0 Å². The van der Waals surface area contributed by atoms with E-state index in [1.54, 1.807) is 0 Å². The van der Waals surface area contributed by atoms with Crippen LogP contribution < -0.4 is 0 Å². The van der Waals surface area contributed by atoms with Gasteiger partial charge in [0.15, 0.2) is 0 Å². The summed E-state index contributed by atoms with van der Waals surface area (Å²) in [6, 6.07) is 8.57. The number of hydrogen-bond donors (Lipinski definition) is 0. The first-order chi connectivity index (χ1) is 6.95. The van der Waals surface area contributed by atoms with E-state index in [2.05, 4.69) is 30.3 Å². The zero-order chi connectivity index (χ0) is 9.38. The molecule has 0 bridgehead atoms. The predicted molar refractivity (Wildman–Crippen MR) is 55.9 cm³/mol. The fourth-order valence-corrected chi connectivity index (χ4v) is 2.42. The van der Waals surface area contributed by atoms with Gasteiger partial charge in [-0.2, -0.15) is 0 Å². The summed E-state index contributed by atoms with van der Waals surface area (Å²) in [5, 5.41) is 0. The lowest BCUT2D eigenvalue weighted by molar-refractivity contribution is 0.0895. The van der Waals surface area contributed by atoms with Gasteiger partial charge in [0, 0.05) is 0 Å². The molecule has 72 valence electrons. The van der Waals surface area contributed by atoms with E-state index in [0.717, 1.165) is 6.61 Å². The van der Waals surface area contributed by atoms with Gasteiger partial charge in [0.05, 0.1) is 6.61 Å². The maximum atomic E-state index is 5.84. The van der Waals surface area contributed by atoms with Crippen molar-refractivity contribution in [3.63, 3.8) is 0 Å². The monoisotopic (exact) mass is 186 g/mol. The molecule has 2 aliphatic rings. The number of fused-ring (bicyclic) bond motifs is 1. The van der Waals surface area contributed by atoms with Crippen LogP contribution in [-0.4, -0.2) is 0 Å². The van der Waals surface area contributed by atoms with E-state index in [-0.39, 0.29) is 6.10 Å². The molecule has 1 aliphatic carbocycles. The van der Waals surface area contributed by atoms with Gasteiger partial charge in [0.2, 0.25) is 0 Å². The fourth-order valence-electron chi connectivity index (χ4n) is 2.42. The zero-order valence-electron chi connectivity index (χ0n) is 8.20. The summed E-state index contributed by atoms with van der Waals surface area (Å²) in [6.07, 6.45) is 6.38. The Labute approximate surface area is 84.4 Å². The van der Waals surface area contributed by atoms with Crippen LogP contribution in [0.4, 0.5) is 0 Å². The Kier molecular flexibility index (Phi) is 1.91. The number of rotatable bonds is 1. The lowest BCUT2D eigenvalue weighted by atomic mass is 9.99. The van der Waals surface area contributed by atoms with Gasteiger partial charge in [-0.25, -0.2) is 0 Å². The van der Waals surface area contributed by atoms with Crippen LogP contribution in [0.25, 0.3) is 0 Å². The van der Waals surface area contributed by atoms with Gasteiger partial charge >= 0.3 is 0 Å². The van der Waals surface area contributed by atoms with Crippen molar-refractivity contribution in [1.82, 2.24) is 0 Å². The van der Waals surface area contributed by atoms with Crippen LogP contribution in [0, 0.1) is 0 Å². The average Bonchev–Trinajstić information content (AvgIpc) is 2.85. The summed E-state index contributed by atoms with van der Waals surface area (Å²) in [6.45, 7) is 0.790. The summed E-state index contributed by atoms with van der Waals surface area (Å²) in [5.74, 6) is 0. The molecule has 14 heavy (non-hydrogen) atoms. The van der Waals surface area contributed by atoms with Crippen LogP contribution >= 0.6 is 0 Å². The highest BCUT2D eigenvalue weighted by Crippen LogP contribution is 2.39. The highest BCUT2D eigenvalue weighted by atomic mass is 16.5. The molecule has 0 spiro atoms. The second kappa shape index (κ2) is 3.25. The summed E-state index contributed by atoms with van der Waals surface area (Å²) < 4.78 is 5.84. The third-order valence-electron chi connectivity index (χ3n) is 3.16. The molecular formula is C13H14O. The molecule has 1 unspecified atom stereocenters. The number of hydrogen-bond acceptors (Lipinski definition) is 1. The third kappa shape index (κ3) is 1.20. The van der Waals surface area contributed by atoms with Crippen molar-refractivity contribution < 1.29 is 4.74 Å². The summed E-state index contributed by atoms with van der Waals surface area (Å²) in [5.41, 5.74) is 4.25. The molecule has 1 heterocycles. The van der Waals surface area contributed by atoms with Crippen LogP contribution in [0.1, 0.15) is 36.5 Å². The molecule has 1 atom stereocenters. The SMILES string of the molecule is C1=C(C2OCc3ccccc32)CCC1. The van der Waals surface area contributed by atoms with Crippen molar-refractivity contribution in [1.29, 1.82) is 0 Å². The average molecular weight is 186 g/mol. The predicted octanol–water partition coefficient (Wildman–Crippen LogP) is 3.37. The van der Waals surface area contributed by atoms with E-state index in [1.807, 2.05) is 0 Å². The minimum absolute atomic E-state index is 0.272. The van der Waals surface area contributed by atoms with Crippen molar-refractivity contribution in [2.24, 2.45) is 0 Å². The molecule has 0 amide bonds. The molecule has 0 aromatic heterocycles. The maximum Gasteiger partial charge on any atom is 0.104 e.